The van der Waals surface area contributed by atoms with Crippen LogP contribution < -0.4 is 0 Å². The highest BCUT2D eigenvalue weighted by Crippen LogP contribution is 2.21. The molecule has 6 heteroatoms. The number of aliphatic hydroxyl groups excluding tert-OH is 1. The molecule has 1 aromatic carbocycles. The van der Waals surface area contributed by atoms with Crippen LogP contribution in [0, 0.1) is 6.92 Å². The Hall–Kier alpha value is -1.76. The van der Waals surface area contributed by atoms with Gasteiger partial charge in [-0.15, -0.1) is 0 Å². The van der Waals surface area contributed by atoms with Gasteiger partial charge < -0.3 is 9.63 Å². The number of hydrogen-bond acceptors (Lipinski definition) is 6. The minimum atomic E-state index is -0.284. The smallest absolute Gasteiger partial charge is 0.241 e. The highest BCUT2D eigenvalue weighted by molar-refractivity contribution is 5.58. The molecule has 136 valence electrons. The van der Waals surface area contributed by atoms with E-state index in [-0.39, 0.29) is 6.10 Å². The number of rotatable bonds is 6. The van der Waals surface area contributed by atoms with Gasteiger partial charge in [0.1, 0.15) is 0 Å². The average molecular weight is 344 g/mol. The molecule has 2 aromatic rings. The summed E-state index contributed by atoms with van der Waals surface area (Å²) in [7, 11) is 0. The van der Waals surface area contributed by atoms with Crippen molar-refractivity contribution in [1.82, 2.24) is 19.9 Å². The van der Waals surface area contributed by atoms with Crippen LogP contribution in [0.5, 0.6) is 0 Å². The minimum absolute atomic E-state index is 0.284. The maximum absolute atomic E-state index is 9.66. The number of aryl methyl sites for hydroxylation is 1. The largest absolute Gasteiger partial charge is 0.392 e. The number of nitrogens with zero attached hydrogens (tertiary/aromatic N) is 4. The molecule has 0 unspecified atom stereocenters. The van der Waals surface area contributed by atoms with E-state index in [2.05, 4.69) is 39.9 Å². The van der Waals surface area contributed by atoms with E-state index < -0.39 is 0 Å². The molecule has 0 saturated carbocycles. The lowest BCUT2D eigenvalue weighted by atomic mass is 10.1. The number of piperazine rings is 1. The molecule has 0 spiro atoms. The summed E-state index contributed by atoms with van der Waals surface area (Å²) >= 11 is 0. The molecule has 6 nitrogen and oxygen atoms in total. The Morgan fingerprint density at radius 2 is 2.12 bits per heavy atom. The van der Waals surface area contributed by atoms with E-state index in [0.717, 1.165) is 43.7 Å². The van der Waals surface area contributed by atoms with Crippen LogP contribution in [0.2, 0.25) is 0 Å². The first-order chi connectivity index (χ1) is 12.1. The van der Waals surface area contributed by atoms with Crippen molar-refractivity contribution >= 4 is 0 Å². The van der Waals surface area contributed by atoms with Gasteiger partial charge in [0.05, 0.1) is 12.6 Å². The highest BCUT2D eigenvalue weighted by atomic mass is 16.5. The van der Waals surface area contributed by atoms with Gasteiger partial charge in [-0.1, -0.05) is 36.3 Å². The fraction of sp³-hybridized carbons (Fsp3) is 0.579. The normalized spacial score (nSPS) is 20.7. The molecule has 3 rings (SSSR count). The van der Waals surface area contributed by atoms with E-state index >= 15 is 0 Å². The van der Waals surface area contributed by atoms with Crippen LogP contribution in [-0.4, -0.2) is 63.4 Å². The summed E-state index contributed by atoms with van der Waals surface area (Å²) in [6.07, 6.45) is 0.787. The Balaban J connectivity index is 1.63. The van der Waals surface area contributed by atoms with Crippen molar-refractivity contribution in [3.63, 3.8) is 0 Å². The third kappa shape index (κ3) is 4.45. The topological polar surface area (TPSA) is 65.6 Å². The van der Waals surface area contributed by atoms with Crippen LogP contribution in [0.4, 0.5) is 0 Å². The lowest BCUT2D eigenvalue weighted by Crippen LogP contribution is -2.54. The third-order valence-corrected chi connectivity index (χ3v) is 4.87. The van der Waals surface area contributed by atoms with E-state index in [4.69, 9.17) is 4.52 Å². The monoisotopic (exact) mass is 344 g/mol. The van der Waals surface area contributed by atoms with Gasteiger partial charge in [0.15, 0.2) is 0 Å². The minimum Gasteiger partial charge on any atom is -0.392 e. The summed E-state index contributed by atoms with van der Waals surface area (Å²) in [5, 5.41) is 13.8. The second kappa shape index (κ2) is 8.08. The number of aliphatic hydroxyl groups is 1. The Bertz CT molecular complexity index is 686. The first-order valence-electron chi connectivity index (χ1n) is 9.10. The van der Waals surface area contributed by atoms with Gasteiger partial charge in [0.2, 0.25) is 11.7 Å². The zero-order chi connectivity index (χ0) is 17.8. The maximum Gasteiger partial charge on any atom is 0.241 e. The highest BCUT2D eigenvalue weighted by Gasteiger charge is 2.27. The van der Waals surface area contributed by atoms with E-state index in [9.17, 15) is 5.11 Å². The van der Waals surface area contributed by atoms with E-state index in [1.54, 1.807) is 0 Å². The quantitative estimate of drug-likeness (QED) is 0.867. The molecule has 1 N–H and O–H groups in total. The molecule has 0 bridgehead atoms. The molecule has 1 saturated heterocycles. The molecule has 1 aliphatic rings. The maximum atomic E-state index is 9.66. The molecule has 2 atom stereocenters. The number of aromatic nitrogens is 2. The summed E-state index contributed by atoms with van der Waals surface area (Å²) in [5.41, 5.74) is 2.17. The van der Waals surface area contributed by atoms with Crippen LogP contribution in [0.3, 0.4) is 0 Å². The van der Waals surface area contributed by atoms with Gasteiger partial charge >= 0.3 is 0 Å². The SMILES string of the molecule is CC[C@H]1CN(Cc2nc(-c3ccccc3C)no2)CCN1C[C@@H](C)O. The molecular weight excluding hydrogens is 316 g/mol. The third-order valence-electron chi connectivity index (χ3n) is 4.87. The van der Waals surface area contributed by atoms with Crippen molar-refractivity contribution in [1.29, 1.82) is 0 Å². The van der Waals surface area contributed by atoms with Crippen LogP contribution in [0.1, 0.15) is 31.7 Å². The van der Waals surface area contributed by atoms with Crippen molar-refractivity contribution in [2.75, 3.05) is 26.2 Å². The first kappa shape index (κ1) is 18.0. The zero-order valence-electron chi connectivity index (χ0n) is 15.4. The Kier molecular flexibility index (Phi) is 5.83. The standard InChI is InChI=1S/C19H28N4O2/c1-4-16-12-22(9-10-23(16)11-15(3)24)13-18-20-19(21-25-18)17-8-6-5-7-14(17)2/h5-8,15-16,24H,4,9-13H2,1-3H3/t15-,16+/m1/s1. The molecule has 1 aromatic heterocycles. The van der Waals surface area contributed by atoms with Crippen molar-refractivity contribution in [2.45, 2.75) is 45.9 Å². The van der Waals surface area contributed by atoms with Crippen molar-refractivity contribution in [2.24, 2.45) is 0 Å². The second-order valence-electron chi connectivity index (χ2n) is 6.97. The average Bonchev–Trinajstić information content (AvgIpc) is 3.04. The molecule has 1 aliphatic heterocycles. The van der Waals surface area contributed by atoms with Crippen molar-refractivity contribution in [3.05, 3.63) is 35.7 Å². The first-order valence-corrected chi connectivity index (χ1v) is 9.10. The van der Waals surface area contributed by atoms with E-state index in [0.29, 0.717) is 24.3 Å². The molecule has 25 heavy (non-hydrogen) atoms. The van der Waals surface area contributed by atoms with Gasteiger partial charge in [-0.2, -0.15) is 4.98 Å². The predicted molar refractivity (Wildman–Crippen MR) is 97.1 cm³/mol. The molecular formula is C19H28N4O2. The molecule has 2 heterocycles. The summed E-state index contributed by atoms with van der Waals surface area (Å²) in [6, 6.07) is 8.54. The Morgan fingerprint density at radius 3 is 2.84 bits per heavy atom. The molecule has 0 amide bonds. The van der Waals surface area contributed by atoms with Crippen LogP contribution >= 0.6 is 0 Å². The van der Waals surface area contributed by atoms with E-state index in [1.807, 2.05) is 25.1 Å². The molecule has 0 radical (unpaired) electrons. The zero-order valence-corrected chi connectivity index (χ0v) is 15.4. The lowest BCUT2D eigenvalue weighted by molar-refractivity contribution is 0.0302. The summed E-state index contributed by atoms with van der Waals surface area (Å²) in [6.45, 7) is 10.4. The number of β-amino-alcohol motifs (C(OH)–C–C–N with tert-alkyl or cyclic N) is 1. The second-order valence-corrected chi connectivity index (χ2v) is 6.97. The fourth-order valence-electron chi connectivity index (χ4n) is 3.51. The Morgan fingerprint density at radius 1 is 1.32 bits per heavy atom. The van der Waals surface area contributed by atoms with Gasteiger partial charge in [0.25, 0.3) is 0 Å². The van der Waals surface area contributed by atoms with Crippen molar-refractivity contribution < 1.29 is 9.63 Å². The number of benzene rings is 1. The van der Waals surface area contributed by atoms with Gasteiger partial charge in [-0.3, -0.25) is 9.80 Å². The van der Waals surface area contributed by atoms with Gasteiger partial charge in [-0.05, 0) is 25.8 Å². The molecule has 0 aliphatic carbocycles. The predicted octanol–water partition coefficient (Wildman–Crippen LogP) is 2.32. The van der Waals surface area contributed by atoms with Crippen LogP contribution in [0.15, 0.2) is 28.8 Å². The van der Waals surface area contributed by atoms with Crippen LogP contribution in [-0.2, 0) is 6.54 Å². The summed E-state index contributed by atoms with van der Waals surface area (Å²) < 4.78 is 5.48. The van der Waals surface area contributed by atoms with E-state index in [1.165, 1.54) is 0 Å². The molecule has 1 fully saturated rings. The summed E-state index contributed by atoms with van der Waals surface area (Å²) in [4.78, 5) is 9.33. The lowest BCUT2D eigenvalue weighted by Gasteiger charge is -2.41. The van der Waals surface area contributed by atoms with Crippen molar-refractivity contribution in [3.8, 4) is 11.4 Å². The van der Waals surface area contributed by atoms with Gasteiger partial charge in [-0.25, -0.2) is 0 Å². The Labute approximate surface area is 149 Å². The fourth-order valence-corrected chi connectivity index (χ4v) is 3.51. The van der Waals surface area contributed by atoms with Crippen LogP contribution in [0.25, 0.3) is 11.4 Å². The summed E-state index contributed by atoms with van der Waals surface area (Å²) in [5.74, 6) is 1.32. The number of hydrogen-bond donors (Lipinski definition) is 1. The van der Waals surface area contributed by atoms with Gasteiger partial charge in [0, 0.05) is 37.8 Å².